The first-order chi connectivity index (χ1) is 14.5. The molecule has 3 aromatic rings. The van der Waals surface area contributed by atoms with Gasteiger partial charge in [-0.15, -0.1) is 0 Å². The van der Waals surface area contributed by atoms with Crippen LogP contribution < -0.4 is 19.7 Å². The highest BCUT2D eigenvalue weighted by Gasteiger charge is 2.26. The predicted octanol–water partition coefficient (Wildman–Crippen LogP) is 4.70. The number of aromatic nitrogens is 2. The number of rotatable bonds is 6. The zero-order valence-electron chi connectivity index (χ0n) is 17.6. The molecule has 1 aliphatic rings. The summed E-state index contributed by atoms with van der Waals surface area (Å²) in [5.74, 6) is 1.60. The Morgan fingerprint density at radius 2 is 1.87 bits per heavy atom. The molecule has 4 rings (SSSR count). The largest absolute Gasteiger partial charge is 0.493 e. The number of carbonyl (C=O) groups is 1. The van der Waals surface area contributed by atoms with Crippen LogP contribution in [0.2, 0.25) is 0 Å². The van der Waals surface area contributed by atoms with Gasteiger partial charge >= 0.3 is 6.03 Å². The topological polar surface area (TPSA) is 68.6 Å². The Hall–Kier alpha value is -3.48. The van der Waals surface area contributed by atoms with E-state index in [0.29, 0.717) is 24.0 Å². The van der Waals surface area contributed by atoms with Crippen molar-refractivity contribution in [1.82, 2.24) is 9.55 Å². The maximum absolute atomic E-state index is 12.8. The number of nitrogens with one attached hydrogen (secondary N) is 1. The van der Waals surface area contributed by atoms with Crippen molar-refractivity contribution in [2.75, 3.05) is 24.4 Å². The summed E-state index contributed by atoms with van der Waals surface area (Å²) >= 11 is 0. The van der Waals surface area contributed by atoms with Crippen molar-refractivity contribution < 1.29 is 14.3 Å². The number of fused-ring (bicyclic) bond motifs is 1. The second-order valence-corrected chi connectivity index (χ2v) is 7.67. The molecule has 7 nitrogen and oxygen atoms in total. The highest BCUT2D eigenvalue weighted by Crippen LogP contribution is 2.36. The molecule has 0 spiro atoms. The fourth-order valence-electron chi connectivity index (χ4n) is 4.01. The molecule has 1 aromatic heterocycles. The zero-order valence-corrected chi connectivity index (χ0v) is 17.6. The fourth-order valence-corrected chi connectivity index (χ4v) is 4.01. The van der Waals surface area contributed by atoms with Crippen LogP contribution in [0.4, 0.5) is 16.2 Å². The standard InChI is InChI=1S/C23H26N4O3/c1-15(2)22(26-10-9-24-14-26)16-5-7-19-17(11-16)13-27(23(28)25-19)18-6-8-20(29-3)21(12-18)30-4/h5-12,14-15,22H,13H2,1-4H3,(H,25,28). The molecule has 1 atom stereocenters. The summed E-state index contributed by atoms with van der Waals surface area (Å²) in [6, 6.07) is 11.7. The number of amides is 2. The van der Waals surface area contributed by atoms with Crippen LogP contribution in [0.3, 0.4) is 0 Å². The van der Waals surface area contributed by atoms with Gasteiger partial charge in [-0.2, -0.15) is 0 Å². The molecular weight excluding hydrogens is 380 g/mol. The highest BCUT2D eigenvalue weighted by molar-refractivity contribution is 6.04. The van der Waals surface area contributed by atoms with E-state index in [9.17, 15) is 4.79 Å². The predicted molar refractivity (Wildman–Crippen MR) is 116 cm³/mol. The zero-order chi connectivity index (χ0) is 21.3. The van der Waals surface area contributed by atoms with E-state index in [0.717, 1.165) is 16.9 Å². The molecule has 0 saturated carbocycles. The maximum atomic E-state index is 12.8. The lowest BCUT2D eigenvalue weighted by Crippen LogP contribution is -2.38. The van der Waals surface area contributed by atoms with Crippen molar-refractivity contribution in [3.05, 3.63) is 66.2 Å². The second-order valence-electron chi connectivity index (χ2n) is 7.67. The van der Waals surface area contributed by atoms with Crippen LogP contribution in [-0.4, -0.2) is 29.8 Å². The van der Waals surface area contributed by atoms with Crippen molar-refractivity contribution >= 4 is 17.4 Å². The Morgan fingerprint density at radius 1 is 1.07 bits per heavy atom. The summed E-state index contributed by atoms with van der Waals surface area (Å²) in [5, 5.41) is 3.00. The van der Waals surface area contributed by atoms with E-state index in [-0.39, 0.29) is 12.1 Å². The van der Waals surface area contributed by atoms with Gasteiger partial charge in [-0.05, 0) is 41.3 Å². The van der Waals surface area contributed by atoms with Gasteiger partial charge in [0.15, 0.2) is 11.5 Å². The van der Waals surface area contributed by atoms with Gasteiger partial charge in [0.2, 0.25) is 0 Å². The fraction of sp³-hybridized carbons (Fsp3) is 0.304. The average molecular weight is 406 g/mol. The van der Waals surface area contributed by atoms with E-state index in [1.165, 1.54) is 5.56 Å². The molecule has 156 valence electrons. The number of nitrogens with zero attached hydrogens (tertiary/aromatic N) is 3. The van der Waals surface area contributed by atoms with Crippen molar-refractivity contribution in [3.63, 3.8) is 0 Å². The number of urea groups is 1. The second kappa shape index (κ2) is 8.10. The Balaban J connectivity index is 1.68. The van der Waals surface area contributed by atoms with Crippen LogP contribution >= 0.6 is 0 Å². The molecule has 1 unspecified atom stereocenters. The molecule has 0 saturated heterocycles. The van der Waals surface area contributed by atoms with Gasteiger partial charge in [0, 0.05) is 29.8 Å². The highest BCUT2D eigenvalue weighted by atomic mass is 16.5. The van der Waals surface area contributed by atoms with E-state index >= 15 is 0 Å². The van der Waals surface area contributed by atoms with Crippen LogP contribution in [0.1, 0.15) is 31.0 Å². The third-order valence-electron chi connectivity index (χ3n) is 5.44. The van der Waals surface area contributed by atoms with Crippen LogP contribution in [0.5, 0.6) is 11.5 Å². The number of benzene rings is 2. The van der Waals surface area contributed by atoms with Gasteiger partial charge in [-0.3, -0.25) is 4.90 Å². The minimum Gasteiger partial charge on any atom is -0.493 e. The first kappa shape index (κ1) is 19.8. The minimum atomic E-state index is -0.169. The molecule has 1 aliphatic heterocycles. The minimum absolute atomic E-state index is 0.169. The smallest absolute Gasteiger partial charge is 0.326 e. The first-order valence-electron chi connectivity index (χ1n) is 9.92. The SMILES string of the molecule is COc1ccc(N2Cc3cc(C(C(C)C)n4ccnc4)ccc3NC2=O)cc1OC. The van der Waals surface area contributed by atoms with Crippen molar-refractivity contribution in [2.24, 2.45) is 5.92 Å². The van der Waals surface area contributed by atoms with Crippen LogP contribution in [0.15, 0.2) is 55.1 Å². The number of ether oxygens (including phenoxy) is 2. The molecule has 2 heterocycles. The van der Waals surface area contributed by atoms with Gasteiger partial charge in [0.1, 0.15) is 0 Å². The summed E-state index contributed by atoms with van der Waals surface area (Å²) in [7, 11) is 3.18. The lowest BCUT2D eigenvalue weighted by atomic mass is 9.93. The van der Waals surface area contributed by atoms with Crippen LogP contribution in [-0.2, 0) is 6.54 Å². The lowest BCUT2D eigenvalue weighted by Gasteiger charge is -2.31. The number of carbonyl (C=O) groups excluding carboxylic acids is 1. The quantitative estimate of drug-likeness (QED) is 0.644. The molecule has 2 aromatic carbocycles. The van der Waals surface area contributed by atoms with Crippen LogP contribution in [0.25, 0.3) is 0 Å². The maximum Gasteiger partial charge on any atom is 0.326 e. The normalized spacial score (nSPS) is 14.3. The number of anilines is 2. The molecule has 0 fully saturated rings. The average Bonchev–Trinajstić information content (AvgIpc) is 3.27. The summed E-state index contributed by atoms with van der Waals surface area (Å²) in [5.41, 5.74) is 3.84. The van der Waals surface area contributed by atoms with Gasteiger partial charge in [0.25, 0.3) is 0 Å². The molecular formula is C23H26N4O3. The molecule has 0 radical (unpaired) electrons. The molecule has 2 amide bonds. The number of methoxy groups -OCH3 is 2. The van der Waals surface area contributed by atoms with E-state index < -0.39 is 0 Å². The van der Waals surface area contributed by atoms with E-state index in [1.54, 1.807) is 31.4 Å². The third kappa shape index (κ3) is 3.58. The summed E-state index contributed by atoms with van der Waals surface area (Å²) < 4.78 is 12.8. The Kier molecular flexibility index (Phi) is 5.35. The number of hydrogen-bond donors (Lipinski definition) is 1. The van der Waals surface area contributed by atoms with Gasteiger partial charge in [-0.1, -0.05) is 19.9 Å². The Morgan fingerprint density at radius 3 is 2.53 bits per heavy atom. The van der Waals surface area contributed by atoms with E-state index in [4.69, 9.17) is 9.47 Å². The van der Waals surface area contributed by atoms with E-state index in [1.807, 2.05) is 30.7 Å². The van der Waals surface area contributed by atoms with E-state index in [2.05, 4.69) is 40.8 Å². The van der Waals surface area contributed by atoms with Gasteiger partial charge < -0.3 is 19.4 Å². The molecule has 1 N–H and O–H groups in total. The van der Waals surface area contributed by atoms with Crippen LogP contribution in [0, 0.1) is 5.92 Å². The summed E-state index contributed by atoms with van der Waals surface area (Å²) in [4.78, 5) is 18.7. The van der Waals surface area contributed by atoms with Crippen molar-refractivity contribution in [1.29, 1.82) is 0 Å². The Bertz CT molecular complexity index is 1050. The molecule has 0 bridgehead atoms. The Labute approximate surface area is 176 Å². The number of imidazole rings is 1. The summed E-state index contributed by atoms with van der Waals surface area (Å²) in [6.07, 6.45) is 5.64. The molecule has 30 heavy (non-hydrogen) atoms. The number of hydrogen-bond acceptors (Lipinski definition) is 4. The monoisotopic (exact) mass is 406 g/mol. The molecule has 0 aliphatic carbocycles. The lowest BCUT2D eigenvalue weighted by molar-refractivity contribution is 0.256. The van der Waals surface area contributed by atoms with Gasteiger partial charge in [0.05, 0.1) is 33.1 Å². The molecule has 7 heteroatoms. The van der Waals surface area contributed by atoms with Gasteiger partial charge in [-0.25, -0.2) is 9.78 Å². The van der Waals surface area contributed by atoms with Crippen molar-refractivity contribution in [3.8, 4) is 11.5 Å². The summed E-state index contributed by atoms with van der Waals surface area (Å²) in [6.45, 7) is 4.86. The first-order valence-corrected chi connectivity index (χ1v) is 9.92. The van der Waals surface area contributed by atoms with Crippen molar-refractivity contribution in [2.45, 2.75) is 26.4 Å². The third-order valence-corrected chi connectivity index (χ3v) is 5.44.